The molecule has 0 aliphatic heterocycles. The quantitative estimate of drug-likeness (QED) is 0.675. The number of para-hydroxylation sites is 1. The van der Waals surface area contributed by atoms with Gasteiger partial charge in [0.1, 0.15) is 12.4 Å². The van der Waals surface area contributed by atoms with E-state index in [1.807, 2.05) is 25.1 Å². The van der Waals surface area contributed by atoms with Crippen molar-refractivity contribution in [3.05, 3.63) is 28.2 Å². The van der Waals surface area contributed by atoms with Gasteiger partial charge in [0.2, 0.25) is 0 Å². The van der Waals surface area contributed by atoms with Crippen molar-refractivity contribution in [2.24, 2.45) is 0 Å². The minimum absolute atomic E-state index is 0.275. The van der Waals surface area contributed by atoms with E-state index < -0.39 is 5.60 Å². The van der Waals surface area contributed by atoms with E-state index in [2.05, 4.69) is 21.2 Å². The first-order chi connectivity index (χ1) is 9.50. The van der Waals surface area contributed by atoms with E-state index in [4.69, 9.17) is 9.47 Å². The smallest absolute Gasteiger partial charge is 0.138 e. The molecule has 20 heavy (non-hydrogen) atoms. The highest BCUT2D eigenvalue weighted by Gasteiger charge is 2.20. The second kappa shape index (κ2) is 8.62. The second-order valence-electron chi connectivity index (χ2n) is 5.04. The maximum Gasteiger partial charge on any atom is 0.138 e. The number of benzene rings is 1. The molecule has 1 unspecified atom stereocenters. The van der Waals surface area contributed by atoms with Gasteiger partial charge in [0.15, 0.2) is 0 Å². The number of ether oxygens (including phenoxy) is 2. The predicted octanol–water partition coefficient (Wildman–Crippen LogP) is 2.72. The van der Waals surface area contributed by atoms with Crippen molar-refractivity contribution in [2.75, 3.05) is 26.9 Å². The summed E-state index contributed by atoms with van der Waals surface area (Å²) in [5.74, 6) is 0.783. The Morgan fingerprint density at radius 2 is 2.15 bits per heavy atom. The first kappa shape index (κ1) is 17.4. The molecule has 4 nitrogen and oxygen atoms in total. The zero-order valence-corrected chi connectivity index (χ0v) is 14.0. The van der Waals surface area contributed by atoms with Gasteiger partial charge in [0, 0.05) is 25.8 Å². The van der Waals surface area contributed by atoms with Crippen LogP contribution in [-0.4, -0.2) is 37.6 Å². The molecular weight excluding hydrogens is 322 g/mol. The molecular formula is C15H24BrNO3. The molecule has 114 valence electrons. The van der Waals surface area contributed by atoms with E-state index in [1.165, 1.54) is 0 Å². The normalized spacial score (nSPS) is 14.1. The largest absolute Gasteiger partial charge is 0.489 e. The van der Waals surface area contributed by atoms with E-state index in [9.17, 15) is 5.11 Å². The Kier molecular flexibility index (Phi) is 7.51. The van der Waals surface area contributed by atoms with Crippen molar-refractivity contribution in [2.45, 2.75) is 32.4 Å². The Bertz CT molecular complexity index is 410. The lowest BCUT2D eigenvalue weighted by atomic mass is 10.1. The molecule has 0 saturated carbocycles. The van der Waals surface area contributed by atoms with Crippen molar-refractivity contribution < 1.29 is 14.6 Å². The first-order valence-electron chi connectivity index (χ1n) is 6.82. The van der Waals surface area contributed by atoms with Gasteiger partial charge in [-0.15, -0.1) is 0 Å². The topological polar surface area (TPSA) is 50.7 Å². The van der Waals surface area contributed by atoms with Gasteiger partial charge in [-0.25, -0.2) is 0 Å². The lowest BCUT2D eigenvalue weighted by Gasteiger charge is -2.23. The lowest BCUT2D eigenvalue weighted by Crippen LogP contribution is -2.31. The molecule has 2 N–H and O–H groups in total. The SMILES string of the molecule is CCC(C)(O)COc1c(Br)cccc1CNCCOC. The number of methoxy groups -OCH3 is 1. The molecule has 0 fully saturated rings. The summed E-state index contributed by atoms with van der Waals surface area (Å²) in [7, 11) is 1.68. The fraction of sp³-hybridized carbons (Fsp3) is 0.600. The standard InChI is InChI=1S/C15H24BrNO3/c1-4-15(2,18)11-20-14-12(6-5-7-13(14)16)10-17-8-9-19-3/h5-7,17-18H,4,8-11H2,1-3H3. The average molecular weight is 346 g/mol. The summed E-state index contributed by atoms with van der Waals surface area (Å²) >= 11 is 3.50. The summed E-state index contributed by atoms with van der Waals surface area (Å²) in [4.78, 5) is 0. The Balaban J connectivity index is 2.68. The highest BCUT2D eigenvalue weighted by Crippen LogP contribution is 2.30. The van der Waals surface area contributed by atoms with Crippen molar-refractivity contribution >= 4 is 15.9 Å². The fourth-order valence-corrected chi connectivity index (χ4v) is 2.10. The summed E-state index contributed by atoms with van der Waals surface area (Å²) in [5, 5.41) is 13.3. The van der Waals surface area contributed by atoms with Crippen LogP contribution in [0, 0.1) is 0 Å². The van der Waals surface area contributed by atoms with Crippen LogP contribution in [0.4, 0.5) is 0 Å². The number of hydrogen-bond acceptors (Lipinski definition) is 4. The van der Waals surface area contributed by atoms with Crippen LogP contribution < -0.4 is 10.1 Å². The van der Waals surface area contributed by atoms with Crippen LogP contribution in [0.15, 0.2) is 22.7 Å². The molecule has 1 aromatic carbocycles. The maximum atomic E-state index is 10.0. The molecule has 1 rings (SSSR count). The van der Waals surface area contributed by atoms with Crippen LogP contribution in [0.5, 0.6) is 5.75 Å². The minimum atomic E-state index is -0.809. The van der Waals surface area contributed by atoms with Crippen molar-refractivity contribution in [1.29, 1.82) is 0 Å². The molecule has 1 atom stereocenters. The Labute approximate surface area is 129 Å². The van der Waals surface area contributed by atoms with Crippen molar-refractivity contribution in [3.8, 4) is 5.75 Å². The van der Waals surface area contributed by atoms with E-state index in [-0.39, 0.29) is 6.61 Å². The number of nitrogens with one attached hydrogen (secondary N) is 1. The highest BCUT2D eigenvalue weighted by atomic mass is 79.9. The van der Waals surface area contributed by atoms with E-state index >= 15 is 0 Å². The Morgan fingerprint density at radius 1 is 1.40 bits per heavy atom. The zero-order chi connectivity index (χ0) is 15.0. The van der Waals surface area contributed by atoms with E-state index in [0.29, 0.717) is 19.6 Å². The van der Waals surface area contributed by atoms with Crippen LogP contribution in [-0.2, 0) is 11.3 Å². The Morgan fingerprint density at radius 3 is 2.80 bits per heavy atom. The average Bonchev–Trinajstić information content (AvgIpc) is 2.43. The fourth-order valence-electron chi connectivity index (χ4n) is 1.58. The third kappa shape index (κ3) is 5.79. The summed E-state index contributed by atoms with van der Waals surface area (Å²) in [6, 6.07) is 5.93. The van der Waals surface area contributed by atoms with E-state index in [1.54, 1.807) is 14.0 Å². The summed E-state index contributed by atoms with van der Waals surface area (Å²) < 4.78 is 11.7. The highest BCUT2D eigenvalue weighted by molar-refractivity contribution is 9.10. The molecule has 0 aromatic heterocycles. The van der Waals surface area contributed by atoms with Gasteiger partial charge in [-0.3, -0.25) is 0 Å². The third-order valence-corrected chi connectivity index (χ3v) is 3.76. The van der Waals surface area contributed by atoms with Crippen LogP contribution in [0.2, 0.25) is 0 Å². The molecule has 0 aliphatic rings. The molecule has 0 bridgehead atoms. The Hall–Kier alpha value is -0.620. The zero-order valence-electron chi connectivity index (χ0n) is 12.4. The van der Waals surface area contributed by atoms with Crippen LogP contribution in [0.25, 0.3) is 0 Å². The molecule has 0 spiro atoms. The van der Waals surface area contributed by atoms with Gasteiger partial charge in [-0.05, 0) is 35.3 Å². The first-order valence-corrected chi connectivity index (χ1v) is 7.61. The van der Waals surface area contributed by atoms with Crippen molar-refractivity contribution in [3.63, 3.8) is 0 Å². The predicted molar refractivity (Wildman–Crippen MR) is 84.1 cm³/mol. The molecule has 0 heterocycles. The van der Waals surface area contributed by atoms with Gasteiger partial charge in [-0.2, -0.15) is 0 Å². The molecule has 0 saturated heterocycles. The van der Waals surface area contributed by atoms with E-state index in [0.717, 1.165) is 22.3 Å². The number of halogens is 1. The second-order valence-corrected chi connectivity index (χ2v) is 5.89. The number of aliphatic hydroxyl groups is 1. The van der Waals surface area contributed by atoms with Gasteiger partial charge >= 0.3 is 0 Å². The lowest BCUT2D eigenvalue weighted by molar-refractivity contribution is 0.00791. The van der Waals surface area contributed by atoms with Gasteiger partial charge in [-0.1, -0.05) is 19.1 Å². The summed E-state index contributed by atoms with van der Waals surface area (Å²) in [6.45, 7) is 6.16. The summed E-state index contributed by atoms with van der Waals surface area (Å²) in [6.07, 6.45) is 0.652. The van der Waals surface area contributed by atoms with Crippen LogP contribution >= 0.6 is 15.9 Å². The summed E-state index contributed by atoms with van der Waals surface area (Å²) in [5.41, 5.74) is 0.248. The number of rotatable bonds is 9. The molecule has 1 aromatic rings. The molecule has 0 radical (unpaired) electrons. The van der Waals surface area contributed by atoms with Crippen LogP contribution in [0.1, 0.15) is 25.8 Å². The monoisotopic (exact) mass is 345 g/mol. The van der Waals surface area contributed by atoms with Gasteiger partial charge < -0.3 is 19.9 Å². The maximum absolute atomic E-state index is 10.0. The third-order valence-electron chi connectivity index (χ3n) is 3.14. The number of hydrogen-bond donors (Lipinski definition) is 2. The van der Waals surface area contributed by atoms with Gasteiger partial charge in [0.05, 0.1) is 16.7 Å². The molecule has 5 heteroatoms. The van der Waals surface area contributed by atoms with Gasteiger partial charge in [0.25, 0.3) is 0 Å². The minimum Gasteiger partial charge on any atom is -0.489 e. The molecule has 0 amide bonds. The van der Waals surface area contributed by atoms with Crippen molar-refractivity contribution in [1.82, 2.24) is 5.32 Å². The molecule has 0 aliphatic carbocycles. The van der Waals surface area contributed by atoms with Crippen LogP contribution in [0.3, 0.4) is 0 Å².